The first-order chi connectivity index (χ1) is 14.5. The standard InChI is InChI=1S/C23H25N5O2/c1-3-29-22-12-20-18(11-19(22)24)23(25,28-14-27-20)16-7-8-21(15(2)10-16)30-13-17-6-4-5-9-26-17/h4-12,14H,3,13,24-25H2,1-2H3,(H,27,28). The molecule has 5 N–H and O–H groups in total. The maximum absolute atomic E-state index is 6.78. The smallest absolute Gasteiger partial charge is 0.163 e. The molecule has 1 atom stereocenters. The van der Waals surface area contributed by atoms with E-state index in [1.54, 1.807) is 12.5 Å². The molecule has 0 fully saturated rings. The molecule has 30 heavy (non-hydrogen) atoms. The van der Waals surface area contributed by atoms with Crippen LogP contribution in [-0.2, 0) is 12.3 Å². The van der Waals surface area contributed by atoms with E-state index in [2.05, 4.69) is 15.3 Å². The van der Waals surface area contributed by atoms with E-state index in [0.29, 0.717) is 24.7 Å². The monoisotopic (exact) mass is 403 g/mol. The van der Waals surface area contributed by atoms with Gasteiger partial charge in [0.25, 0.3) is 0 Å². The summed E-state index contributed by atoms with van der Waals surface area (Å²) in [6, 6.07) is 15.3. The van der Waals surface area contributed by atoms with Crippen LogP contribution in [0.25, 0.3) is 0 Å². The van der Waals surface area contributed by atoms with Crippen molar-refractivity contribution in [1.29, 1.82) is 0 Å². The normalized spacial score (nSPS) is 17.2. The van der Waals surface area contributed by atoms with Crippen molar-refractivity contribution >= 4 is 17.7 Å². The Balaban J connectivity index is 1.64. The third-order valence-electron chi connectivity index (χ3n) is 5.07. The fourth-order valence-electron chi connectivity index (χ4n) is 3.50. The van der Waals surface area contributed by atoms with Gasteiger partial charge in [-0.3, -0.25) is 10.7 Å². The number of aromatic nitrogens is 1. The molecule has 0 spiro atoms. The lowest BCUT2D eigenvalue weighted by molar-refractivity contribution is 0.299. The molecule has 0 radical (unpaired) electrons. The van der Waals surface area contributed by atoms with E-state index < -0.39 is 5.66 Å². The zero-order valence-electron chi connectivity index (χ0n) is 17.1. The molecule has 4 rings (SSSR count). The number of nitrogens with two attached hydrogens (primary N) is 2. The Kier molecular flexibility index (Phi) is 5.29. The first kappa shape index (κ1) is 19.7. The minimum Gasteiger partial charge on any atom is -0.492 e. The van der Waals surface area contributed by atoms with Crippen molar-refractivity contribution in [3.63, 3.8) is 0 Å². The number of rotatable bonds is 6. The lowest BCUT2D eigenvalue weighted by atomic mass is 9.88. The van der Waals surface area contributed by atoms with Crippen LogP contribution < -0.4 is 26.3 Å². The number of aliphatic imine (C=N–C) groups is 1. The van der Waals surface area contributed by atoms with Gasteiger partial charge in [-0.15, -0.1) is 0 Å². The average Bonchev–Trinajstić information content (AvgIpc) is 2.75. The van der Waals surface area contributed by atoms with Crippen molar-refractivity contribution in [1.82, 2.24) is 4.98 Å². The molecule has 7 nitrogen and oxygen atoms in total. The summed E-state index contributed by atoms with van der Waals surface area (Å²) in [5.41, 5.74) is 16.7. The number of ether oxygens (including phenoxy) is 2. The van der Waals surface area contributed by atoms with Crippen LogP contribution in [0.15, 0.2) is 59.7 Å². The van der Waals surface area contributed by atoms with Gasteiger partial charge in [0.2, 0.25) is 0 Å². The molecule has 0 aliphatic carbocycles. The first-order valence-electron chi connectivity index (χ1n) is 9.81. The lowest BCUT2D eigenvalue weighted by Gasteiger charge is -2.32. The second-order valence-corrected chi connectivity index (χ2v) is 7.13. The van der Waals surface area contributed by atoms with Crippen LogP contribution in [0.4, 0.5) is 11.4 Å². The number of benzene rings is 2. The number of hydrogen-bond donors (Lipinski definition) is 3. The Morgan fingerprint density at radius 1 is 1.07 bits per heavy atom. The number of pyridine rings is 1. The fourth-order valence-corrected chi connectivity index (χ4v) is 3.50. The Labute approximate surface area is 175 Å². The summed E-state index contributed by atoms with van der Waals surface area (Å²) < 4.78 is 11.5. The summed E-state index contributed by atoms with van der Waals surface area (Å²) >= 11 is 0. The van der Waals surface area contributed by atoms with Gasteiger partial charge in [0, 0.05) is 17.8 Å². The molecule has 154 valence electrons. The molecule has 1 aliphatic rings. The number of fused-ring (bicyclic) bond motifs is 1. The predicted octanol–water partition coefficient (Wildman–Crippen LogP) is 3.56. The van der Waals surface area contributed by atoms with Gasteiger partial charge < -0.3 is 20.5 Å². The topological polar surface area (TPSA) is 108 Å². The van der Waals surface area contributed by atoms with Gasteiger partial charge in [0.05, 0.1) is 30.0 Å². The van der Waals surface area contributed by atoms with Crippen LogP contribution in [0.2, 0.25) is 0 Å². The highest BCUT2D eigenvalue weighted by Gasteiger charge is 2.34. The zero-order valence-corrected chi connectivity index (χ0v) is 17.1. The molecular weight excluding hydrogens is 378 g/mol. The summed E-state index contributed by atoms with van der Waals surface area (Å²) in [6.07, 6.45) is 3.36. The molecule has 7 heteroatoms. The fraction of sp³-hybridized carbons (Fsp3) is 0.217. The number of nitrogens with zero attached hydrogens (tertiary/aromatic N) is 2. The minimum absolute atomic E-state index is 0.399. The minimum atomic E-state index is -1.07. The van der Waals surface area contributed by atoms with Gasteiger partial charge in [-0.2, -0.15) is 0 Å². The Bertz CT molecular complexity index is 1080. The summed E-state index contributed by atoms with van der Waals surface area (Å²) in [4.78, 5) is 8.83. The van der Waals surface area contributed by atoms with Gasteiger partial charge in [-0.1, -0.05) is 12.1 Å². The van der Waals surface area contributed by atoms with Crippen LogP contribution in [-0.4, -0.2) is 17.9 Å². The maximum Gasteiger partial charge on any atom is 0.163 e. The van der Waals surface area contributed by atoms with Crippen LogP contribution in [0.3, 0.4) is 0 Å². The number of anilines is 2. The zero-order chi connectivity index (χ0) is 21.1. The highest BCUT2D eigenvalue weighted by atomic mass is 16.5. The highest BCUT2D eigenvalue weighted by molar-refractivity contribution is 5.84. The van der Waals surface area contributed by atoms with E-state index in [1.807, 2.05) is 62.4 Å². The lowest BCUT2D eigenvalue weighted by Crippen LogP contribution is -2.39. The van der Waals surface area contributed by atoms with E-state index in [0.717, 1.165) is 33.8 Å². The van der Waals surface area contributed by atoms with E-state index in [9.17, 15) is 0 Å². The number of nitrogens with one attached hydrogen (secondary N) is 1. The van der Waals surface area contributed by atoms with Gasteiger partial charge in [0.1, 0.15) is 18.1 Å². The van der Waals surface area contributed by atoms with Crippen molar-refractivity contribution in [3.8, 4) is 11.5 Å². The second-order valence-electron chi connectivity index (χ2n) is 7.13. The number of nitrogen functional groups attached to an aromatic ring is 1. The van der Waals surface area contributed by atoms with Crippen molar-refractivity contribution in [2.45, 2.75) is 26.1 Å². The molecule has 0 amide bonds. The average molecular weight is 403 g/mol. The molecule has 0 saturated heterocycles. The van der Waals surface area contributed by atoms with Gasteiger partial charge >= 0.3 is 0 Å². The predicted molar refractivity (Wildman–Crippen MR) is 119 cm³/mol. The number of aryl methyl sites for hydroxylation is 1. The highest BCUT2D eigenvalue weighted by Crippen LogP contribution is 2.41. The summed E-state index contributed by atoms with van der Waals surface area (Å²) in [6.45, 7) is 4.83. The van der Waals surface area contributed by atoms with E-state index >= 15 is 0 Å². The molecule has 3 aromatic rings. The largest absolute Gasteiger partial charge is 0.492 e. The summed E-state index contributed by atoms with van der Waals surface area (Å²) in [5.74, 6) is 1.40. The van der Waals surface area contributed by atoms with Crippen LogP contribution in [0.1, 0.15) is 29.3 Å². The number of hydrogen-bond acceptors (Lipinski definition) is 7. The second kappa shape index (κ2) is 8.04. The van der Waals surface area contributed by atoms with Crippen LogP contribution in [0, 0.1) is 6.92 Å². The van der Waals surface area contributed by atoms with Crippen molar-refractivity contribution in [2.75, 3.05) is 17.7 Å². The third-order valence-corrected chi connectivity index (χ3v) is 5.07. The van der Waals surface area contributed by atoms with Gasteiger partial charge in [-0.25, -0.2) is 4.99 Å². The molecular formula is C23H25N5O2. The van der Waals surface area contributed by atoms with Crippen molar-refractivity contribution < 1.29 is 9.47 Å². The van der Waals surface area contributed by atoms with Crippen LogP contribution in [0.5, 0.6) is 11.5 Å². The third kappa shape index (κ3) is 3.67. The summed E-state index contributed by atoms with van der Waals surface area (Å²) in [5, 5.41) is 3.14. The Morgan fingerprint density at radius 3 is 2.67 bits per heavy atom. The molecule has 2 heterocycles. The van der Waals surface area contributed by atoms with Crippen LogP contribution >= 0.6 is 0 Å². The van der Waals surface area contributed by atoms with E-state index in [1.165, 1.54) is 0 Å². The van der Waals surface area contributed by atoms with E-state index in [4.69, 9.17) is 20.9 Å². The van der Waals surface area contributed by atoms with Gasteiger partial charge in [-0.05, 0) is 55.3 Å². The van der Waals surface area contributed by atoms with Gasteiger partial charge in [0.15, 0.2) is 5.66 Å². The maximum atomic E-state index is 6.78. The molecule has 0 bridgehead atoms. The SMILES string of the molecule is CCOc1cc2c(cc1N)C(N)(c1ccc(OCc3ccccn3)c(C)c1)N=CN2. The van der Waals surface area contributed by atoms with Crippen molar-refractivity contribution in [3.05, 3.63) is 77.1 Å². The molecule has 0 saturated carbocycles. The Morgan fingerprint density at radius 2 is 1.93 bits per heavy atom. The van der Waals surface area contributed by atoms with E-state index in [-0.39, 0.29) is 0 Å². The molecule has 1 aliphatic heterocycles. The Hall–Kier alpha value is -3.58. The molecule has 1 aromatic heterocycles. The molecule has 2 aromatic carbocycles. The quantitative estimate of drug-likeness (QED) is 0.543. The first-order valence-corrected chi connectivity index (χ1v) is 9.81. The molecule has 1 unspecified atom stereocenters. The van der Waals surface area contributed by atoms with Crippen molar-refractivity contribution in [2.24, 2.45) is 10.7 Å². The summed E-state index contributed by atoms with van der Waals surface area (Å²) in [7, 11) is 0.